The van der Waals surface area contributed by atoms with Gasteiger partial charge in [-0.1, -0.05) is 11.8 Å². The Morgan fingerprint density at radius 3 is 2.41 bits per heavy atom. The third kappa shape index (κ3) is 4.42. The molecular weight excluding hydrogens is 419 g/mol. The van der Waals surface area contributed by atoms with Crippen LogP contribution in [0.3, 0.4) is 0 Å². The van der Waals surface area contributed by atoms with Crippen LogP contribution >= 0.6 is 11.8 Å². The maximum absolute atomic E-state index is 13.7. The van der Waals surface area contributed by atoms with Crippen molar-refractivity contribution in [3.63, 3.8) is 0 Å². The fourth-order valence-electron chi connectivity index (χ4n) is 2.95. The summed E-state index contributed by atoms with van der Waals surface area (Å²) < 4.78 is 51.5. The highest BCUT2D eigenvalue weighted by molar-refractivity contribution is 8.14. The molecule has 0 aliphatic carbocycles. The number of rotatable bonds is 4. The van der Waals surface area contributed by atoms with Crippen LogP contribution in [0.4, 0.5) is 18.9 Å². The first kappa shape index (κ1) is 21.6. The van der Waals surface area contributed by atoms with Crippen LogP contribution in [0.25, 0.3) is 0 Å². The first-order chi connectivity index (χ1) is 13.5. The predicted octanol–water partition coefficient (Wildman–Crippen LogP) is 1.38. The lowest BCUT2D eigenvalue weighted by atomic mass is 9.94. The van der Waals surface area contributed by atoms with Crippen molar-refractivity contribution in [2.24, 2.45) is 4.99 Å². The van der Waals surface area contributed by atoms with Gasteiger partial charge in [-0.2, -0.15) is 13.2 Å². The molecule has 6 atom stereocenters. The molecular formula is C16H18F3N3O6S. The average molecular weight is 437 g/mol. The fourth-order valence-corrected chi connectivity index (χ4v) is 4.10. The maximum Gasteiger partial charge on any atom is 0.428 e. The monoisotopic (exact) mass is 437 g/mol. The van der Waals surface area contributed by atoms with Crippen LogP contribution in [-0.2, 0) is 4.74 Å². The van der Waals surface area contributed by atoms with Crippen LogP contribution in [0, 0.1) is 10.1 Å². The van der Waals surface area contributed by atoms with E-state index >= 15 is 0 Å². The van der Waals surface area contributed by atoms with E-state index < -0.39 is 47.0 Å². The van der Waals surface area contributed by atoms with E-state index in [0.717, 1.165) is 36.0 Å². The Labute approximate surface area is 167 Å². The molecule has 0 aromatic heterocycles. The molecule has 1 aromatic carbocycles. The van der Waals surface area contributed by atoms with Gasteiger partial charge in [-0.05, 0) is 12.1 Å². The molecule has 3 rings (SSSR count). The highest BCUT2D eigenvalue weighted by Gasteiger charge is 2.58. The van der Waals surface area contributed by atoms with Crippen LogP contribution in [-0.4, -0.2) is 81.4 Å². The van der Waals surface area contributed by atoms with Crippen LogP contribution in [0.15, 0.2) is 29.3 Å². The number of non-ortho nitro benzene ring substituents is 1. The van der Waals surface area contributed by atoms with Crippen molar-refractivity contribution < 1.29 is 37.8 Å². The number of amidine groups is 1. The van der Waals surface area contributed by atoms with Gasteiger partial charge in [0.1, 0.15) is 35.5 Å². The molecule has 0 bridgehead atoms. The zero-order valence-corrected chi connectivity index (χ0v) is 16.0. The fraction of sp³-hybridized carbons (Fsp3) is 0.562. The Morgan fingerprint density at radius 1 is 1.28 bits per heavy atom. The van der Waals surface area contributed by atoms with Crippen molar-refractivity contribution in [2.75, 3.05) is 14.1 Å². The zero-order chi connectivity index (χ0) is 21.5. The molecule has 2 N–H and O–H groups in total. The predicted molar refractivity (Wildman–Crippen MR) is 96.7 cm³/mol. The third-order valence-corrected chi connectivity index (χ3v) is 5.71. The first-order valence-corrected chi connectivity index (χ1v) is 9.28. The molecule has 2 heterocycles. The molecule has 2 aliphatic rings. The summed E-state index contributed by atoms with van der Waals surface area (Å²) in [6.45, 7) is 0. The van der Waals surface area contributed by atoms with Gasteiger partial charge in [0.25, 0.3) is 5.69 Å². The van der Waals surface area contributed by atoms with E-state index in [2.05, 4.69) is 4.99 Å². The minimum absolute atomic E-state index is 0.297. The van der Waals surface area contributed by atoms with Gasteiger partial charge in [0, 0.05) is 26.2 Å². The van der Waals surface area contributed by atoms with E-state index in [-0.39, 0.29) is 11.4 Å². The third-order valence-electron chi connectivity index (χ3n) is 4.40. The molecule has 13 heteroatoms. The SMILES string of the molecule is CN(C)C1=N[C@@H]2[C@@H](O)[C@H](O)[C@@H](C(Oc3ccc([N+](=O)[O-])cc3)C(F)(F)F)O[C@@H]2S1. The summed E-state index contributed by atoms with van der Waals surface area (Å²) in [4.78, 5) is 15.8. The summed E-state index contributed by atoms with van der Waals surface area (Å²) in [5.74, 6) is -0.297. The van der Waals surface area contributed by atoms with Crippen molar-refractivity contribution in [3.8, 4) is 5.75 Å². The molecule has 0 amide bonds. The number of ether oxygens (including phenoxy) is 2. The molecule has 9 nitrogen and oxygen atoms in total. The Morgan fingerprint density at radius 2 is 1.90 bits per heavy atom. The summed E-state index contributed by atoms with van der Waals surface area (Å²) in [6, 6.07) is 3.11. The molecule has 1 fully saturated rings. The van der Waals surface area contributed by atoms with Gasteiger partial charge in [-0.3, -0.25) is 15.1 Å². The number of aliphatic imine (C=N–C) groups is 1. The van der Waals surface area contributed by atoms with Crippen molar-refractivity contribution in [2.45, 2.75) is 42.1 Å². The summed E-state index contributed by atoms with van der Waals surface area (Å²) in [7, 11) is 3.36. The van der Waals surface area contributed by atoms with Gasteiger partial charge < -0.3 is 24.6 Å². The second kappa shape index (κ2) is 7.97. The topological polar surface area (TPSA) is 118 Å². The van der Waals surface area contributed by atoms with Crippen LogP contribution in [0.2, 0.25) is 0 Å². The largest absolute Gasteiger partial charge is 0.478 e. The molecule has 0 spiro atoms. The highest BCUT2D eigenvalue weighted by Crippen LogP contribution is 2.41. The molecule has 1 saturated heterocycles. The van der Waals surface area contributed by atoms with E-state index in [1.54, 1.807) is 19.0 Å². The van der Waals surface area contributed by atoms with E-state index in [9.17, 15) is 33.5 Å². The van der Waals surface area contributed by atoms with Gasteiger partial charge in [-0.15, -0.1) is 0 Å². The Kier molecular flexibility index (Phi) is 5.94. The van der Waals surface area contributed by atoms with Crippen molar-refractivity contribution >= 4 is 22.6 Å². The van der Waals surface area contributed by atoms with Crippen molar-refractivity contribution in [3.05, 3.63) is 34.4 Å². The smallest absolute Gasteiger partial charge is 0.428 e. The number of nitro groups is 1. The second-order valence-corrected chi connectivity index (χ2v) is 7.76. The minimum atomic E-state index is -4.95. The molecule has 160 valence electrons. The zero-order valence-electron chi connectivity index (χ0n) is 15.2. The lowest BCUT2D eigenvalue weighted by molar-refractivity contribution is -0.384. The van der Waals surface area contributed by atoms with Gasteiger partial charge in [0.05, 0.1) is 4.92 Å². The van der Waals surface area contributed by atoms with E-state index in [1.165, 1.54) is 0 Å². The lowest BCUT2D eigenvalue weighted by Gasteiger charge is -2.41. The van der Waals surface area contributed by atoms with Gasteiger partial charge in [-0.25, -0.2) is 0 Å². The number of aliphatic hydroxyl groups is 2. The lowest BCUT2D eigenvalue weighted by Crippen LogP contribution is -2.62. The number of fused-ring (bicyclic) bond motifs is 1. The van der Waals surface area contributed by atoms with Crippen molar-refractivity contribution in [1.82, 2.24) is 4.90 Å². The Bertz CT molecular complexity index is 791. The maximum atomic E-state index is 13.7. The molecule has 1 unspecified atom stereocenters. The molecule has 2 aliphatic heterocycles. The summed E-state index contributed by atoms with van der Waals surface area (Å²) >= 11 is 1.04. The van der Waals surface area contributed by atoms with Crippen LogP contribution in [0.1, 0.15) is 0 Å². The standard InChI is InChI=1S/C16H18F3N3O6S/c1-21(2)15-20-9-10(23)11(24)12(28-14(9)29-15)13(16(17,18)19)27-8-5-3-7(4-6-8)22(25)26/h3-6,9-14,23-24H,1-2H3/t9-,10-,11+,12+,13?,14-/m1/s1. The highest BCUT2D eigenvalue weighted by atomic mass is 32.2. The number of alkyl halides is 3. The number of thioether (sulfide) groups is 1. The number of nitrogens with zero attached hydrogens (tertiary/aromatic N) is 3. The molecule has 1 aromatic rings. The molecule has 0 saturated carbocycles. The van der Waals surface area contributed by atoms with Gasteiger partial charge in [0.2, 0.25) is 6.10 Å². The quantitative estimate of drug-likeness (QED) is 0.536. The first-order valence-electron chi connectivity index (χ1n) is 8.40. The number of benzene rings is 1. The molecule has 0 radical (unpaired) electrons. The minimum Gasteiger partial charge on any atom is -0.478 e. The summed E-state index contributed by atoms with van der Waals surface area (Å²) in [6.07, 6.45) is -13.0. The second-order valence-electron chi connectivity index (χ2n) is 6.70. The van der Waals surface area contributed by atoms with E-state index in [1.807, 2.05) is 0 Å². The Balaban J connectivity index is 1.83. The molecule has 29 heavy (non-hydrogen) atoms. The van der Waals surface area contributed by atoms with Crippen LogP contribution in [0.5, 0.6) is 5.75 Å². The normalized spacial score (nSPS) is 30.3. The summed E-state index contributed by atoms with van der Waals surface area (Å²) in [5.41, 5.74) is -1.25. The summed E-state index contributed by atoms with van der Waals surface area (Å²) in [5, 5.41) is 31.8. The van der Waals surface area contributed by atoms with E-state index in [4.69, 9.17) is 9.47 Å². The van der Waals surface area contributed by atoms with Crippen LogP contribution < -0.4 is 4.74 Å². The van der Waals surface area contributed by atoms with Gasteiger partial charge >= 0.3 is 6.18 Å². The number of halogens is 3. The average Bonchev–Trinajstić information content (AvgIpc) is 3.07. The number of hydrogen-bond donors (Lipinski definition) is 2. The number of aliphatic hydroxyl groups excluding tert-OH is 2. The number of nitro benzene ring substituents is 1. The Hall–Kier alpha value is -2.09. The number of hydrogen-bond acceptors (Lipinski definition) is 9. The van der Waals surface area contributed by atoms with Crippen molar-refractivity contribution in [1.29, 1.82) is 0 Å². The van der Waals surface area contributed by atoms with Gasteiger partial charge in [0.15, 0.2) is 5.17 Å². The van der Waals surface area contributed by atoms with E-state index in [0.29, 0.717) is 5.17 Å².